The largest absolute Gasteiger partial charge is 0.494 e. The first kappa shape index (κ1) is 23.8. The summed E-state index contributed by atoms with van der Waals surface area (Å²) in [6.07, 6.45) is 0.680. The zero-order valence-electron chi connectivity index (χ0n) is 19.9. The van der Waals surface area contributed by atoms with Crippen LogP contribution in [-0.2, 0) is 4.74 Å². The molecular weight excluding hydrogens is 433 g/mol. The second-order valence-corrected chi connectivity index (χ2v) is 8.71. The van der Waals surface area contributed by atoms with Gasteiger partial charge in [0.25, 0.3) is 0 Å². The van der Waals surface area contributed by atoms with Crippen molar-refractivity contribution in [2.75, 3.05) is 20.8 Å². The van der Waals surface area contributed by atoms with Crippen molar-refractivity contribution >= 4 is 5.97 Å². The van der Waals surface area contributed by atoms with Gasteiger partial charge in [0, 0.05) is 24.1 Å². The highest BCUT2D eigenvalue weighted by Crippen LogP contribution is 2.41. The van der Waals surface area contributed by atoms with Crippen LogP contribution in [0.1, 0.15) is 57.9 Å². The Hall–Kier alpha value is -3.38. The van der Waals surface area contributed by atoms with Gasteiger partial charge in [0.15, 0.2) is 11.6 Å². The second-order valence-electron chi connectivity index (χ2n) is 8.71. The van der Waals surface area contributed by atoms with Gasteiger partial charge in [-0.1, -0.05) is 30.3 Å². The molecule has 0 bridgehead atoms. The van der Waals surface area contributed by atoms with E-state index in [0.717, 1.165) is 34.4 Å². The number of carbonyl (C=O) groups is 1. The average Bonchev–Trinajstić information content (AvgIpc) is 2.86. The minimum absolute atomic E-state index is 0.0152. The van der Waals surface area contributed by atoms with Gasteiger partial charge in [-0.25, -0.2) is 9.18 Å². The molecular formula is C28H30FNO4. The van der Waals surface area contributed by atoms with Crippen molar-refractivity contribution in [2.45, 2.75) is 38.3 Å². The smallest absolute Gasteiger partial charge is 0.337 e. The molecule has 3 atom stereocenters. The van der Waals surface area contributed by atoms with E-state index in [0.29, 0.717) is 12.1 Å². The molecule has 1 aliphatic heterocycles. The monoisotopic (exact) mass is 463 g/mol. The quantitative estimate of drug-likeness (QED) is 0.465. The molecule has 0 radical (unpaired) electrons. The van der Waals surface area contributed by atoms with Crippen LogP contribution in [0.25, 0.3) is 0 Å². The number of carbonyl (C=O) groups excluding carboxylic acids is 1. The molecule has 4 rings (SSSR count). The standard InChI is InChI=1S/C28H30FNO4/c1-17-11-20(13-21(12-17)28(31)33-4)24-15-22(34-26-8-6-5-7-23(24)26)16-30-18(2)19-9-10-25(29)27(14-19)32-3/h5-14,18,22,24,30H,15-16H2,1-4H3/t18?,22-,24?/m1/s1. The summed E-state index contributed by atoms with van der Waals surface area (Å²) < 4.78 is 30.2. The highest BCUT2D eigenvalue weighted by Gasteiger charge is 2.30. The molecule has 3 aromatic carbocycles. The molecule has 1 heterocycles. The first-order chi connectivity index (χ1) is 16.4. The number of rotatable bonds is 7. The molecule has 0 saturated carbocycles. The molecule has 0 aromatic heterocycles. The zero-order chi connectivity index (χ0) is 24.2. The SMILES string of the molecule is COC(=O)c1cc(C)cc(C2C[C@H](CNC(C)c3ccc(F)c(OC)c3)Oc3ccccc32)c1. The number of para-hydroxylation sites is 1. The molecule has 34 heavy (non-hydrogen) atoms. The van der Waals surface area contributed by atoms with Crippen molar-refractivity contribution in [3.8, 4) is 11.5 Å². The third kappa shape index (κ3) is 5.07. The van der Waals surface area contributed by atoms with Crippen LogP contribution in [0.2, 0.25) is 0 Å². The van der Waals surface area contributed by atoms with Crippen LogP contribution in [0, 0.1) is 12.7 Å². The number of ether oxygens (including phenoxy) is 3. The summed E-state index contributed by atoms with van der Waals surface area (Å²) in [4.78, 5) is 12.2. The summed E-state index contributed by atoms with van der Waals surface area (Å²) in [5.74, 6) is 0.448. The van der Waals surface area contributed by atoms with Crippen LogP contribution < -0.4 is 14.8 Å². The van der Waals surface area contributed by atoms with Gasteiger partial charge in [0.2, 0.25) is 0 Å². The number of hydrogen-bond donors (Lipinski definition) is 1. The Bertz CT molecular complexity index is 1180. The van der Waals surface area contributed by atoms with E-state index in [1.165, 1.54) is 20.3 Å². The molecule has 1 N–H and O–H groups in total. The fraction of sp³-hybridized carbons (Fsp3) is 0.321. The van der Waals surface area contributed by atoms with Gasteiger partial charge in [-0.2, -0.15) is 0 Å². The average molecular weight is 464 g/mol. The molecule has 178 valence electrons. The van der Waals surface area contributed by atoms with Crippen LogP contribution in [0.5, 0.6) is 11.5 Å². The van der Waals surface area contributed by atoms with Gasteiger partial charge in [-0.3, -0.25) is 0 Å². The summed E-state index contributed by atoms with van der Waals surface area (Å²) in [5, 5.41) is 3.52. The highest BCUT2D eigenvalue weighted by molar-refractivity contribution is 5.89. The Morgan fingerprint density at radius 2 is 1.94 bits per heavy atom. The van der Waals surface area contributed by atoms with E-state index in [1.807, 2.05) is 44.2 Å². The molecule has 2 unspecified atom stereocenters. The third-order valence-electron chi connectivity index (χ3n) is 6.34. The van der Waals surface area contributed by atoms with Gasteiger partial charge in [-0.15, -0.1) is 0 Å². The van der Waals surface area contributed by atoms with Crippen molar-refractivity contribution in [3.63, 3.8) is 0 Å². The molecule has 0 spiro atoms. The molecule has 6 heteroatoms. The van der Waals surface area contributed by atoms with E-state index >= 15 is 0 Å². The normalized spacial score (nSPS) is 17.9. The Morgan fingerprint density at radius 3 is 2.71 bits per heavy atom. The van der Waals surface area contributed by atoms with Crippen LogP contribution in [0.15, 0.2) is 60.7 Å². The first-order valence-electron chi connectivity index (χ1n) is 11.4. The topological polar surface area (TPSA) is 56.8 Å². The van der Waals surface area contributed by atoms with Gasteiger partial charge in [0.1, 0.15) is 11.9 Å². The number of aryl methyl sites for hydroxylation is 1. The first-order valence-corrected chi connectivity index (χ1v) is 11.4. The van der Waals surface area contributed by atoms with Gasteiger partial charge < -0.3 is 19.5 Å². The van der Waals surface area contributed by atoms with Gasteiger partial charge in [0.05, 0.1) is 19.8 Å². The van der Waals surface area contributed by atoms with E-state index in [2.05, 4.69) is 17.4 Å². The van der Waals surface area contributed by atoms with Gasteiger partial charge in [-0.05, 0) is 67.3 Å². The van der Waals surface area contributed by atoms with E-state index in [4.69, 9.17) is 14.2 Å². The molecule has 1 aliphatic rings. The number of methoxy groups -OCH3 is 2. The van der Waals surface area contributed by atoms with Gasteiger partial charge >= 0.3 is 5.97 Å². The number of esters is 1. The number of nitrogens with one attached hydrogen (secondary N) is 1. The van der Waals surface area contributed by atoms with Crippen LogP contribution in [-0.4, -0.2) is 32.8 Å². The summed E-state index contributed by atoms with van der Waals surface area (Å²) >= 11 is 0. The molecule has 3 aromatic rings. The second kappa shape index (κ2) is 10.3. The molecule has 0 amide bonds. The third-order valence-corrected chi connectivity index (χ3v) is 6.34. The lowest BCUT2D eigenvalue weighted by Gasteiger charge is -2.33. The van der Waals surface area contributed by atoms with Crippen LogP contribution in [0.4, 0.5) is 4.39 Å². The highest BCUT2D eigenvalue weighted by atomic mass is 19.1. The zero-order valence-corrected chi connectivity index (χ0v) is 19.9. The molecule has 5 nitrogen and oxygen atoms in total. The molecule has 0 fully saturated rings. The van der Waals surface area contributed by atoms with E-state index < -0.39 is 0 Å². The number of fused-ring (bicyclic) bond motifs is 1. The Morgan fingerprint density at radius 1 is 1.15 bits per heavy atom. The van der Waals surface area contributed by atoms with Crippen molar-refractivity contribution in [1.82, 2.24) is 5.32 Å². The number of hydrogen-bond acceptors (Lipinski definition) is 5. The maximum atomic E-state index is 13.8. The Kier molecular flexibility index (Phi) is 7.17. The van der Waals surface area contributed by atoms with Crippen molar-refractivity contribution in [2.24, 2.45) is 0 Å². The Balaban J connectivity index is 1.55. The van der Waals surface area contributed by atoms with E-state index in [9.17, 15) is 9.18 Å². The summed E-state index contributed by atoms with van der Waals surface area (Å²) in [7, 11) is 2.86. The van der Waals surface area contributed by atoms with Crippen molar-refractivity contribution in [1.29, 1.82) is 0 Å². The lowest BCUT2D eigenvalue weighted by Crippen LogP contribution is -2.37. The number of benzene rings is 3. The predicted octanol–water partition coefficient (Wildman–Crippen LogP) is 5.56. The summed E-state index contributed by atoms with van der Waals surface area (Å²) in [6, 6.07) is 18.8. The lowest BCUT2D eigenvalue weighted by molar-refractivity contribution is 0.0600. The molecule has 0 saturated heterocycles. The fourth-order valence-electron chi connectivity index (χ4n) is 4.56. The lowest BCUT2D eigenvalue weighted by atomic mass is 9.83. The minimum Gasteiger partial charge on any atom is -0.494 e. The van der Waals surface area contributed by atoms with E-state index in [-0.39, 0.29) is 35.6 Å². The predicted molar refractivity (Wildman–Crippen MR) is 129 cm³/mol. The fourth-order valence-corrected chi connectivity index (χ4v) is 4.56. The van der Waals surface area contributed by atoms with Crippen LogP contribution in [0.3, 0.4) is 0 Å². The van der Waals surface area contributed by atoms with Crippen molar-refractivity contribution < 1.29 is 23.4 Å². The summed E-state index contributed by atoms with van der Waals surface area (Å²) in [5.41, 5.74) is 4.67. The minimum atomic E-state index is -0.377. The van der Waals surface area contributed by atoms with E-state index in [1.54, 1.807) is 12.1 Å². The Labute approximate surface area is 199 Å². The molecule has 0 aliphatic carbocycles. The van der Waals surface area contributed by atoms with Crippen molar-refractivity contribution in [3.05, 3.63) is 94.3 Å². The van der Waals surface area contributed by atoms with Crippen LogP contribution >= 0.6 is 0 Å². The maximum absolute atomic E-state index is 13.8. The number of halogens is 1. The maximum Gasteiger partial charge on any atom is 0.337 e. The summed E-state index contributed by atoms with van der Waals surface area (Å²) in [6.45, 7) is 4.63.